The van der Waals surface area contributed by atoms with Gasteiger partial charge in [-0.05, 0) is 11.6 Å². The van der Waals surface area contributed by atoms with Crippen LogP contribution < -0.4 is 16.4 Å². The van der Waals surface area contributed by atoms with Gasteiger partial charge in [0.05, 0.1) is 0 Å². The molecule has 0 radical (unpaired) electrons. The zero-order valence-corrected chi connectivity index (χ0v) is 15.3. The molecule has 2 heteroatoms. The monoisotopic (exact) mass is 356 g/mol. The van der Waals surface area contributed by atoms with E-state index in [1.807, 2.05) is 6.07 Å². The molecule has 28 heavy (non-hydrogen) atoms. The second-order valence-corrected chi connectivity index (χ2v) is 7.32. The number of furan rings is 1. The largest absolute Gasteiger partial charge is 0.455 e. The van der Waals surface area contributed by atoms with Crippen LogP contribution in [0.1, 0.15) is 0 Å². The molecule has 1 aromatic heterocycles. The molecule has 0 amide bonds. The van der Waals surface area contributed by atoms with Crippen molar-refractivity contribution >= 4 is 34.1 Å². The van der Waals surface area contributed by atoms with Gasteiger partial charge in [-0.25, -0.2) is 0 Å². The van der Waals surface area contributed by atoms with Crippen molar-refractivity contribution in [3.63, 3.8) is 0 Å². The third kappa shape index (κ3) is 2.15. The highest BCUT2D eigenvalue weighted by atomic mass is 16.3. The first-order chi connectivity index (χ1) is 13.9. The SMILES string of the molecule is c1ccc(B2c3ccccc3-c3oc4ccccc4c3-c3ccccc32)cc1. The van der Waals surface area contributed by atoms with Crippen LogP contribution in [0.2, 0.25) is 0 Å². The smallest absolute Gasteiger partial charge is 0.242 e. The van der Waals surface area contributed by atoms with Crippen molar-refractivity contribution in [1.29, 1.82) is 0 Å². The van der Waals surface area contributed by atoms with Crippen LogP contribution in [0.25, 0.3) is 33.4 Å². The fourth-order valence-corrected chi connectivity index (χ4v) is 4.61. The highest BCUT2D eigenvalue weighted by Crippen LogP contribution is 2.41. The molecule has 4 aromatic carbocycles. The molecule has 0 aliphatic carbocycles. The van der Waals surface area contributed by atoms with E-state index >= 15 is 0 Å². The Kier molecular flexibility index (Phi) is 3.33. The molecule has 0 atom stereocenters. The van der Waals surface area contributed by atoms with Gasteiger partial charge in [-0.3, -0.25) is 0 Å². The van der Waals surface area contributed by atoms with Crippen LogP contribution in [0.3, 0.4) is 0 Å². The van der Waals surface area contributed by atoms with Crippen LogP contribution in [0, 0.1) is 0 Å². The van der Waals surface area contributed by atoms with Crippen LogP contribution in [0.5, 0.6) is 0 Å². The van der Waals surface area contributed by atoms with Gasteiger partial charge in [-0.1, -0.05) is 113 Å². The Labute approximate surface area is 164 Å². The first-order valence-electron chi connectivity index (χ1n) is 9.67. The summed E-state index contributed by atoms with van der Waals surface area (Å²) in [5, 5.41) is 1.17. The third-order valence-corrected chi connectivity index (χ3v) is 5.79. The van der Waals surface area contributed by atoms with Gasteiger partial charge < -0.3 is 4.42 Å². The Morgan fingerprint density at radius 2 is 1.14 bits per heavy atom. The molecule has 0 saturated heterocycles. The fraction of sp³-hybridized carbons (Fsp3) is 0. The third-order valence-electron chi connectivity index (χ3n) is 5.79. The summed E-state index contributed by atoms with van der Waals surface area (Å²) in [4.78, 5) is 0. The minimum absolute atomic E-state index is 0.176. The zero-order valence-electron chi connectivity index (χ0n) is 15.3. The highest BCUT2D eigenvalue weighted by molar-refractivity contribution is 6.97. The van der Waals surface area contributed by atoms with Crippen molar-refractivity contribution in [2.75, 3.05) is 0 Å². The summed E-state index contributed by atoms with van der Waals surface area (Å²) in [7, 11) is 0. The molecular formula is C26H17BO. The van der Waals surface area contributed by atoms with E-state index in [0.717, 1.165) is 11.3 Å². The van der Waals surface area contributed by atoms with Crippen molar-refractivity contribution in [3.8, 4) is 22.5 Å². The first kappa shape index (κ1) is 15.5. The summed E-state index contributed by atoms with van der Waals surface area (Å²) in [5.74, 6) is 0.975. The molecule has 1 aliphatic rings. The lowest BCUT2D eigenvalue weighted by atomic mass is 9.36. The molecule has 0 unspecified atom stereocenters. The number of rotatable bonds is 1. The number of para-hydroxylation sites is 1. The van der Waals surface area contributed by atoms with E-state index in [2.05, 4.69) is 97.1 Å². The summed E-state index contributed by atoms with van der Waals surface area (Å²) >= 11 is 0. The van der Waals surface area contributed by atoms with Crippen LogP contribution in [0.15, 0.2) is 108 Å². The standard InChI is InChI=1S/C26H17BO/c1-2-10-18(11-3-1)27-22-15-7-4-12-19(22)25-21-14-6-9-17-24(21)28-26(25)20-13-5-8-16-23(20)27/h1-17H. The Morgan fingerprint density at radius 1 is 0.536 bits per heavy atom. The lowest BCUT2D eigenvalue weighted by Gasteiger charge is -2.18. The van der Waals surface area contributed by atoms with E-state index in [1.165, 1.54) is 38.5 Å². The molecule has 5 aromatic rings. The topological polar surface area (TPSA) is 13.1 Å². The quantitative estimate of drug-likeness (QED) is 0.393. The van der Waals surface area contributed by atoms with E-state index in [-0.39, 0.29) is 6.71 Å². The predicted octanol–water partition coefficient (Wildman–Crippen LogP) is 4.60. The van der Waals surface area contributed by atoms with Crippen LogP contribution in [-0.4, -0.2) is 6.71 Å². The van der Waals surface area contributed by atoms with Crippen LogP contribution >= 0.6 is 0 Å². The Hall–Kier alpha value is -3.52. The maximum atomic E-state index is 6.44. The second-order valence-electron chi connectivity index (χ2n) is 7.32. The van der Waals surface area contributed by atoms with Crippen molar-refractivity contribution in [1.82, 2.24) is 0 Å². The van der Waals surface area contributed by atoms with Crippen molar-refractivity contribution < 1.29 is 4.42 Å². The molecule has 0 bridgehead atoms. The first-order valence-corrected chi connectivity index (χ1v) is 9.67. The van der Waals surface area contributed by atoms with Gasteiger partial charge in [0.15, 0.2) is 0 Å². The van der Waals surface area contributed by atoms with Gasteiger partial charge >= 0.3 is 0 Å². The molecule has 0 spiro atoms. The van der Waals surface area contributed by atoms with Crippen LogP contribution in [0.4, 0.5) is 0 Å². The second kappa shape index (κ2) is 6.00. The maximum Gasteiger partial charge on any atom is 0.242 e. The molecule has 0 N–H and O–H groups in total. The predicted molar refractivity (Wildman–Crippen MR) is 118 cm³/mol. The van der Waals surface area contributed by atoms with Gasteiger partial charge in [-0.2, -0.15) is 0 Å². The van der Waals surface area contributed by atoms with Crippen molar-refractivity contribution in [2.24, 2.45) is 0 Å². The zero-order chi connectivity index (χ0) is 18.5. The average Bonchev–Trinajstić information content (AvgIpc) is 3.09. The van der Waals surface area contributed by atoms with E-state index in [0.29, 0.717) is 0 Å². The van der Waals surface area contributed by atoms with Gasteiger partial charge in [0, 0.05) is 16.5 Å². The van der Waals surface area contributed by atoms with Gasteiger partial charge in [-0.15, -0.1) is 0 Å². The van der Waals surface area contributed by atoms with E-state index in [4.69, 9.17) is 4.42 Å². The lowest BCUT2D eigenvalue weighted by Crippen LogP contribution is -2.52. The van der Waals surface area contributed by atoms with E-state index in [1.54, 1.807) is 0 Å². The van der Waals surface area contributed by atoms with Gasteiger partial charge in [0.1, 0.15) is 11.3 Å². The summed E-state index contributed by atoms with van der Waals surface area (Å²) in [6, 6.07) is 36.6. The van der Waals surface area contributed by atoms with E-state index in [9.17, 15) is 0 Å². The van der Waals surface area contributed by atoms with E-state index < -0.39 is 0 Å². The number of hydrogen-bond acceptors (Lipinski definition) is 1. The highest BCUT2D eigenvalue weighted by Gasteiger charge is 2.33. The van der Waals surface area contributed by atoms with Gasteiger partial charge in [0.25, 0.3) is 0 Å². The molecule has 130 valence electrons. The van der Waals surface area contributed by atoms with Crippen LogP contribution in [-0.2, 0) is 0 Å². The van der Waals surface area contributed by atoms with Gasteiger partial charge in [0.2, 0.25) is 6.71 Å². The fourth-order valence-electron chi connectivity index (χ4n) is 4.61. The lowest BCUT2D eigenvalue weighted by molar-refractivity contribution is 0.633. The Balaban J connectivity index is 1.79. The number of fused-ring (bicyclic) bond motifs is 7. The van der Waals surface area contributed by atoms with Crippen molar-refractivity contribution in [2.45, 2.75) is 0 Å². The summed E-state index contributed by atoms with van der Waals surface area (Å²) in [6.45, 7) is 0.176. The Bertz CT molecular complexity index is 1320. The van der Waals surface area contributed by atoms with Crippen molar-refractivity contribution in [3.05, 3.63) is 103 Å². The molecule has 6 rings (SSSR count). The minimum atomic E-state index is 0.176. The summed E-state index contributed by atoms with van der Waals surface area (Å²) in [5.41, 5.74) is 8.50. The normalized spacial score (nSPS) is 12.2. The molecule has 1 nitrogen and oxygen atoms in total. The number of hydrogen-bond donors (Lipinski definition) is 0. The Morgan fingerprint density at radius 3 is 1.96 bits per heavy atom. The molecule has 0 fully saturated rings. The molecule has 1 aliphatic heterocycles. The molecule has 2 heterocycles. The maximum absolute atomic E-state index is 6.44. The average molecular weight is 356 g/mol. The summed E-state index contributed by atoms with van der Waals surface area (Å²) < 4.78 is 6.44. The molecule has 0 saturated carbocycles. The molecular weight excluding hydrogens is 339 g/mol. The summed E-state index contributed by atoms with van der Waals surface area (Å²) in [6.07, 6.45) is 0. The minimum Gasteiger partial charge on any atom is -0.455 e. The number of benzene rings is 4.